The van der Waals surface area contributed by atoms with E-state index in [9.17, 15) is 5.11 Å². The van der Waals surface area contributed by atoms with Crippen LogP contribution >= 0.6 is 0 Å². The molecule has 7 nitrogen and oxygen atoms in total. The van der Waals surface area contributed by atoms with Crippen LogP contribution in [0.25, 0.3) is 0 Å². The van der Waals surface area contributed by atoms with Crippen LogP contribution in [0.15, 0.2) is 0 Å². The molecule has 7 heteroatoms. The molecule has 1 heterocycles. The van der Waals surface area contributed by atoms with Gasteiger partial charge in [-0.2, -0.15) is 15.0 Å². The van der Waals surface area contributed by atoms with Gasteiger partial charge >= 0.3 is 0 Å². The summed E-state index contributed by atoms with van der Waals surface area (Å²) in [4.78, 5) is 16.9. The molecule has 0 spiro atoms. The third-order valence-electron chi connectivity index (χ3n) is 4.48. The highest BCUT2D eigenvalue weighted by Gasteiger charge is 2.26. The van der Waals surface area contributed by atoms with Crippen molar-refractivity contribution in [1.82, 2.24) is 19.9 Å². The van der Waals surface area contributed by atoms with E-state index in [4.69, 9.17) is 5.73 Å². The summed E-state index contributed by atoms with van der Waals surface area (Å²) < 4.78 is 0. The van der Waals surface area contributed by atoms with E-state index in [1.165, 1.54) is 6.42 Å². The molecule has 0 aliphatic heterocycles. The monoisotopic (exact) mass is 308 g/mol. The topological polar surface area (TPSA) is 91.4 Å². The van der Waals surface area contributed by atoms with Gasteiger partial charge in [0.2, 0.25) is 11.9 Å². The van der Waals surface area contributed by atoms with Crippen LogP contribution in [0.2, 0.25) is 0 Å². The van der Waals surface area contributed by atoms with Gasteiger partial charge in [0, 0.05) is 20.6 Å². The molecule has 0 aromatic carbocycles. The van der Waals surface area contributed by atoms with E-state index in [2.05, 4.69) is 26.8 Å². The Morgan fingerprint density at radius 2 is 1.86 bits per heavy atom. The van der Waals surface area contributed by atoms with Crippen LogP contribution in [0.4, 0.5) is 11.9 Å². The van der Waals surface area contributed by atoms with Crippen molar-refractivity contribution in [1.29, 1.82) is 0 Å². The molecule has 0 radical (unpaired) electrons. The Hall–Kier alpha value is -1.47. The molecule has 0 saturated heterocycles. The predicted molar refractivity (Wildman–Crippen MR) is 87.6 cm³/mol. The van der Waals surface area contributed by atoms with Crippen molar-refractivity contribution in [3.05, 3.63) is 5.82 Å². The van der Waals surface area contributed by atoms with Gasteiger partial charge in [-0.15, -0.1) is 0 Å². The zero-order chi connectivity index (χ0) is 16.3. The lowest BCUT2D eigenvalue weighted by atomic mass is 9.86. The summed E-state index contributed by atoms with van der Waals surface area (Å²) >= 11 is 0. The smallest absolute Gasteiger partial charge is 0.229 e. The fourth-order valence-electron chi connectivity index (χ4n) is 2.91. The predicted octanol–water partition coefficient (Wildman–Crippen LogP) is 1.06. The normalized spacial score (nSPS) is 23.5. The number of anilines is 2. The van der Waals surface area contributed by atoms with Crippen molar-refractivity contribution < 1.29 is 5.11 Å². The Morgan fingerprint density at radius 3 is 2.50 bits per heavy atom. The van der Waals surface area contributed by atoms with Crippen LogP contribution in [0.5, 0.6) is 0 Å². The molecule has 3 unspecified atom stereocenters. The van der Waals surface area contributed by atoms with Gasteiger partial charge in [0.05, 0.1) is 12.1 Å². The number of nitrogen functional groups attached to an aromatic ring is 1. The van der Waals surface area contributed by atoms with Gasteiger partial charge < -0.3 is 15.7 Å². The van der Waals surface area contributed by atoms with E-state index in [0.29, 0.717) is 17.7 Å². The van der Waals surface area contributed by atoms with Crippen LogP contribution in [0.3, 0.4) is 0 Å². The van der Waals surface area contributed by atoms with E-state index >= 15 is 0 Å². The second-order valence-electron chi connectivity index (χ2n) is 6.47. The number of rotatable bonds is 5. The molecule has 1 aliphatic rings. The van der Waals surface area contributed by atoms with Crippen LogP contribution in [-0.2, 0) is 0 Å². The molecular formula is C15H28N6O. The Labute approximate surface area is 132 Å². The van der Waals surface area contributed by atoms with Gasteiger partial charge in [0.1, 0.15) is 0 Å². The quantitative estimate of drug-likeness (QED) is 0.840. The van der Waals surface area contributed by atoms with Crippen LogP contribution in [0, 0.1) is 5.92 Å². The lowest BCUT2D eigenvalue weighted by Gasteiger charge is -2.33. The molecule has 0 amide bonds. The minimum Gasteiger partial charge on any atom is -0.393 e. The summed E-state index contributed by atoms with van der Waals surface area (Å²) in [5, 5.41) is 10.1. The molecular weight excluding hydrogens is 280 g/mol. The summed E-state index contributed by atoms with van der Waals surface area (Å²) in [6, 6.07) is 0.0260. The third-order valence-corrected chi connectivity index (χ3v) is 4.48. The Balaban J connectivity index is 2.08. The Kier molecular flexibility index (Phi) is 5.52. The number of aromatic nitrogens is 3. The largest absolute Gasteiger partial charge is 0.393 e. The second-order valence-corrected chi connectivity index (χ2v) is 6.47. The summed E-state index contributed by atoms with van der Waals surface area (Å²) in [6.07, 6.45) is 4.14. The zero-order valence-electron chi connectivity index (χ0n) is 14.0. The molecule has 3 N–H and O–H groups in total. The van der Waals surface area contributed by atoms with E-state index in [0.717, 1.165) is 25.8 Å². The lowest BCUT2D eigenvalue weighted by Crippen LogP contribution is -2.36. The van der Waals surface area contributed by atoms with Crippen LogP contribution < -0.4 is 10.6 Å². The minimum absolute atomic E-state index is 0.0260. The van der Waals surface area contributed by atoms with E-state index in [1.54, 1.807) is 0 Å². The fourth-order valence-corrected chi connectivity index (χ4v) is 2.91. The SMILES string of the molecule is CC(c1nc(N)nc(N(C)C)n1)N(C)CC1CCCCC1O. The van der Waals surface area contributed by atoms with Gasteiger partial charge in [0.25, 0.3) is 0 Å². The highest BCUT2D eigenvalue weighted by molar-refractivity contribution is 5.33. The molecule has 1 aromatic heterocycles. The molecule has 1 saturated carbocycles. The summed E-state index contributed by atoms with van der Waals surface area (Å²) in [7, 11) is 5.80. The van der Waals surface area contributed by atoms with E-state index in [1.807, 2.05) is 26.0 Å². The second kappa shape index (κ2) is 7.19. The number of hydrogen-bond donors (Lipinski definition) is 2. The average Bonchev–Trinajstić information content (AvgIpc) is 2.48. The number of nitrogens with zero attached hydrogens (tertiary/aromatic N) is 5. The van der Waals surface area contributed by atoms with Crippen LogP contribution in [0.1, 0.15) is 44.5 Å². The maximum atomic E-state index is 10.1. The summed E-state index contributed by atoms with van der Waals surface area (Å²) in [6.45, 7) is 2.90. The first kappa shape index (κ1) is 16.9. The first-order valence-electron chi connectivity index (χ1n) is 7.95. The maximum Gasteiger partial charge on any atom is 0.229 e. The lowest BCUT2D eigenvalue weighted by molar-refractivity contribution is 0.0439. The maximum absolute atomic E-state index is 10.1. The van der Waals surface area contributed by atoms with Crippen molar-refractivity contribution in [2.75, 3.05) is 38.3 Å². The summed E-state index contributed by atoms with van der Waals surface area (Å²) in [5.41, 5.74) is 5.79. The van der Waals surface area contributed by atoms with Gasteiger partial charge in [-0.1, -0.05) is 12.8 Å². The number of aliphatic hydroxyl groups is 1. The first-order chi connectivity index (χ1) is 10.4. The van der Waals surface area contributed by atoms with Crippen molar-refractivity contribution >= 4 is 11.9 Å². The average molecular weight is 308 g/mol. The molecule has 124 valence electrons. The van der Waals surface area contributed by atoms with E-state index in [-0.39, 0.29) is 18.1 Å². The molecule has 1 aromatic rings. The third kappa shape index (κ3) is 4.04. The first-order valence-corrected chi connectivity index (χ1v) is 7.95. The summed E-state index contributed by atoms with van der Waals surface area (Å²) in [5.74, 6) is 1.81. The standard InChI is InChI=1S/C15H28N6O/c1-10(13-17-14(16)19-15(18-13)20(2)3)21(4)9-11-7-5-6-8-12(11)22/h10-12,22H,5-9H2,1-4H3,(H2,16,17,18,19). The fraction of sp³-hybridized carbons (Fsp3) is 0.800. The molecule has 22 heavy (non-hydrogen) atoms. The van der Waals surface area contributed by atoms with Crippen molar-refractivity contribution in [2.24, 2.45) is 5.92 Å². The molecule has 1 fully saturated rings. The van der Waals surface area contributed by atoms with Crippen molar-refractivity contribution in [3.8, 4) is 0 Å². The minimum atomic E-state index is -0.191. The van der Waals surface area contributed by atoms with Gasteiger partial charge in [-0.25, -0.2) is 0 Å². The van der Waals surface area contributed by atoms with Crippen molar-refractivity contribution in [2.45, 2.75) is 44.8 Å². The zero-order valence-corrected chi connectivity index (χ0v) is 14.0. The van der Waals surface area contributed by atoms with Crippen LogP contribution in [-0.4, -0.2) is 58.8 Å². The molecule has 1 aliphatic carbocycles. The Bertz CT molecular complexity index is 495. The number of aliphatic hydroxyl groups excluding tert-OH is 1. The van der Waals surface area contributed by atoms with Gasteiger partial charge in [-0.3, -0.25) is 4.90 Å². The number of nitrogens with two attached hydrogens (primary N) is 1. The molecule has 3 atom stereocenters. The highest BCUT2D eigenvalue weighted by Crippen LogP contribution is 2.27. The molecule has 2 rings (SSSR count). The molecule has 0 bridgehead atoms. The highest BCUT2D eigenvalue weighted by atomic mass is 16.3. The van der Waals surface area contributed by atoms with Gasteiger partial charge in [0.15, 0.2) is 5.82 Å². The van der Waals surface area contributed by atoms with E-state index < -0.39 is 0 Å². The van der Waals surface area contributed by atoms with Gasteiger partial charge in [-0.05, 0) is 32.7 Å². The Morgan fingerprint density at radius 1 is 1.18 bits per heavy atom. The van der Waals surface area contributed by atoms with Crippen molar-refractivity contribution in [3.63, 3.8) is 0 Å². The number of hydrogen-bond acceptors (Lipinski definition) is 7.